The highest BCUT2D eigenvalue weighted by atomic mass is 35.5. The molecule has 2 N–H and O–H groups in total. The zero-order chi connectivity index (χ0) is 10.8. The molecule has 0 aromatic carbocycles. The number of aromatic nitrogens is 2. The summed E-state index contributed by atoms with van der Waals surface area (Å²) in [6, 6.07) is 0. The van der Waals surface area contributed by atoms with Crippen molar-refractivity contribution < 1.29 is 0 Å². The van der Waals surface area contributed by atoms with E-state index in [0.29, 0.717) is 12.5 Å². The first-order valence-corrected chi connectivity index (χ1v) is 6.03. The molecule has 0 spiro atoms. The van der Waals surface area contributed by atoms with Gasteiger partial charge < -0.3 is 10.3 Å². The number of hydrogen-bond donors (Lipinski definition) is 1. The fourth-order valence-electron chi connectivity index (χ4n) is 2.36. The molecule has 0 atom stereocenters. The van der Waals surface area contributed by atoms with Crippen LogP contribution in [0.5, 0.6) is 0 Å². The second-order valence-electron chi connectivity index (χ2n) is 4.28. The summed E-state index contributed by atoms with van der Waals surface area (Å²) in [7, 11) is 1.97. The van der Waals surface area contributed by atoms with Gasteiger partial charge in [-0.1, -0.05) is 24.4 Å². The Balaban J connectivity index is 2.27. The monoisotopic (exact) mass is 227 g/mol. The SMILES string of the molecule is Cn1c(CCN)nc(C2CCCC2)c1Cl. The van der Waals surface area contributed by atoms with Crippen LogP contribution >= 0.6 is 11.6 Å². The molecule has 2 rings (SSSR count). The van der Waals surface area contributed by atoms with Crippen molar-refractivity contribution in [3.8, 4) is 0 Å². The Hall–Kier alpha value is -0.540. The van der Waals surface area contributed by atoms with E-state index in [1.54, 1.807) is 0 Å². The molecule has 1 heterocycles. The quantitative estimate of drug-likeness (QED) is 0.861. The zero-order valence-corrected chi connectivity index (χ0v) is 9.93. The van der Waals surface area contributed by atoms with Crippen molar-refractivity contribution in [1.29, 1.82) is 0 Å². The summed E-state index contributed by atoms with van der Waals surface area (Å²) in [5.41, 5.74) is 6.64. The van der Waals surface area contributed by atoms with E-state index in [9.17, 15) is 0 Å². The average Bonchev–Trinajstić information content (AvgIpc) is 2.82. The van der Waals surface area contributed by atoms with Crippen LogP contribution in [0.25, 0.3) is 0 Å². The molecule has 0 aliphatic heterocycles. The van der Waals surface area contributed by atoms with Crippen LogP contribution in [0.1, 0.15) is 43.1 Å². The van der Waals surface area contributed by atoms with Gasteiger partial charge in [-0.25, -0.2) is 4.98 Å². The van der Waals surface area contributed by atoms with Crippen molar-refractivity contribution in [3.05, 3.63) is 16.7 Å². The first kappa shape index (κ1) is 11.0. The minimum Gasteiger partial charge on any atom is -0.330 e. The molecule has 0 saturated heterocycles. The Bertz CT molecular complexity index is 340. The van der Waals surface area contributed by atoms with Crippen molar-refractivity contribution >= 4 is 11.6 Å². The summed E-state index contributed by atoms with van der Waals surface area (Å²) in [6.07, 6.45) is 5.90. The van der Waals surface area contributed by atoms with Crippen LogP contribution in [-0.4, -0.2) is 16.1 Å². The fraction of sp³-hybridized carbons (Fsp3) is 0.727. The lowest BCUT2D eigenvalue weighted by molar-refractivity contribution is 0.699. The molecule has 84 valence electrons. The lowest BCUT2D eigenvalue weighted by Gasteiger charge is -2.05. The van der Waals surface area contributed by atoms with Gasteiger partial charge in [-0.2, -0.15) is 0 Å². The molecular formula is C11H18ClN3. The molecule has 4 heteroatoms. The molecule has 0 radical (unpaired) electrons. The molecule has 1 aromatic rings. The Morgan fingerprint density at radius 2 is 2.13 bits per heavy atom. The van der Waals surface area contributed by atoms with E-state index in [0.717, 1.165) is 23.1 Å². The van der Waals surface area contributed by atoms with Crippen LogP contribution in [-0.2, 0) is 13.5 Å². The van der Waals surface area contributed by atoms with Crippen molar-refractivity contribution in [2.45, 2.75) is 38.0 Å². The standard InChI is InChI=1S/C11H18ClN3/c1-15-9(6-7-13)14-10(11(15)12)8-4-2-3-5-8/h8H,2-7,13H2,1H3. The third kappa shape index (κ3) is 2.04. The topological polar surface area (TPSA) is 43.8 Å². The fourth-order valence-corrected chi connectivity index (χ4v) is 2.65. The lowest BCUT2D eigenvalue weighted by atomic mass is 10.1. The largest absolute Gasteiger partial charge is 0.330 e. The zero-order valence-electron chi connectivity index (χ0n) is 9.17. The maximum Gasteiger partial charge on any atom is 0.132 e. The summed E-state index contributed by atoms with van der Waals surface area (Å²) in [5, 5.41) is 0.811. The van der Waals surface area contributed by atoms with Crippen molar-refractivity contribution in [3.63, 3.8) is 0 Å². The summed E-state index contributed by atoms with van der Waals surface area (Å²) >= 11 is 6.29. The highest BCUT2D eigenvalue weighted by Crippen LogP contribution is 2.37. The maximum atomic E-state index is 6.29. The molecule has 1 aromatic heterocycles. The highest BCUT2D eigenvalue weighted by molar-refractivity contribution is 6.30. The van der Waals surface area contributed by atoms with E-state index in [-0.39, 0.29) is 0 Å². The van der Waals surface area contributed by atoms with Gasteiger partial charge in [0.1, 0.15) is 11.0 Å². The first-order valence-electron chi connectivity index (χ1n) is 5.65. The number of nitrogens with zero attached hydrogens (tertiary/aromatic N) is 2. The number of rotatable bonds is 3. The molecule has 1 saturated carbocycles. The van der Waals surface area contributed by atoms with Gasteiger partial charge in [0.15, 0.2) is 0 Å². The number of imidazole rings is 1. The molecule has 0 amide bonds. The van der Waals surface area contributed by atoms with E-state index in [4.69, 9.17) is 17.3 Å². The van der Waals surface area contributed by atoms with Gasteiger partial charge in [0.25, 0.3) is 0 Å². The molecule has 3 nitrogen and oxygen atoms in total. The molecule has 1 aliphatic carbocycles. The number of hydrogen-bond acceptors (Lipinski definition) is 2. The van der Waals surface area contributed by atoms with Gasteiger partial charge in [0, 0.05) is 19.4 Å². The Morgan fingerprint density at radius 1 is 1.47 bits per heavy atom. The van der Waals surface area contributed by atoms with Crippen molar-refractivity contribution in [1.82, 2.24) is 9.55 Å². The van der Waals surface area contributed by atoms with Gasteiger partial charge in [0.05, 0.1) is 5.69 Å². The molecular weight excluding hydrogens is 210 g/mol. The summed E-state index contributed by atoms with van der Waals surface area (Å²) in [5.74, 6) is 1.60. The minimum absolute atomic E-state index is 0.579. The molecule has 0 unspecified atom stereocenters. The summed E-state index contributed by atoms with van der Waals surface area (Å²) in [4.78, 5) is 4.63. The Kier molecular flexibility index (Phi) is 3.32. The van der Waals surface area contributed by atoms with Crippen LogP contribution in [0.2, 0.25) is 5.15 Å². The van der Waals surface area contributed by atoms with Gasteiger partial charge in [-0.3, -0.25) is 0 Å². The van der Waals surface area contributed by atoms with E-state index in [2.05, 4.69) is 4.98 Å². The van der Waals surface area contributed by atoms with Crippen LogP contribution in [0.15, 0.2) is 0 Å². The summed E-state index contributed by atoms with van der Waals surface area (Å²) < 4.78 is 1.97. The van der Waals surface area contributed by atoms with E-state index in [1.165, 1.54) is 25.7 Å². The van der Waals surface area contributed by atoms with Crippen LogP contribution in [0.4, 0.5) is 0 Å². The highest BCUT2D eigenvalue weighted by Gasteiger charge is 2.24. The van der Waals surface area contributed by atoms with Gasteiger partial charge in [0.2, 0.25) is 0 Å². The summed E-state index contributed by atoms with van der Waals surface area (Å²) in [6.45, 7) is 0.630. The van der Waals surface area contributed by atoms with E-state index in [1.807, 2.05) is 11.6 Å². The third-order valence-electron chi connectivity index (χ3n) is 3.25. The van der Waals surface area contributed by atoms with Crippen molar-refractivity contribution in [2.24, 2.45) is 12.8 Å². The van der Waals surface area contributed by atoms with Crippen LogP contribution < -0.4 is 5.73 Å². The Labute approximate surface area is 95.6 Å². The third-order valence-corrected chi connectivity index (χ3v) is 3.70. The smallest absolute Gasteiger partial charge is 0.132 e. The van der Waals surface area contributed by atoms with Gasteiger partial charge in [-0.15, -0.1) is 0 Å². The van der Waals surface area contributed by atoms with E-state index < -0.39 is 0 Å². The predicted octanol–water partition coefficient (Wildman–Crippen LogP) is 2.23. The van der Waals surface area contributed by atoms with E-state index >= 15 is 0 Å². The van der Waals surface area contributed by atoms with Crippen LogP contribution in [0, 0.1) is 0 Å². The molecule has 1 aliphatic rings. The van der Waals surface area contributed by atoms with Crippen LogP contribution in [0.3, 0.4) is 0 Å². The lowest BCUT2D eigenvalue weighted by Crippen LogP contribution is -2.07. The molecule has 0 bridgehead atoms. The molecule has 15 heavy (non-hydrogen) atoms. The first-order chi connectivity index (χ1) is 7.24. The second-order valence-corrected chi connectivity index (χ2v) is 4.64. The van der Waals surface area contributed by atoms with Crippen molar-refractivity contribution in [2.75, 3.05) is 6.54 Å². The molecule has 1 fully saturated rings. The van der Waals surface area contributed by atoms with Gasteiger partial charge >= 0.3 is 0 Å². The Morgan fingerprint density at radius 3 is 2.73 bits per heavy atom. The maximum absolute atomic E-state index is 6.29. The second kappa shape index (κ2) is 4.54. The number of halogens is 1. The minimum atomic E-state index is 0.579. The normalized spacial score (nSPS) is 17.5. The average molecular weight is 228 g/mol. The predicted molar refractivity (Wildman–Crippen MR) is 62.2 cm³/mol. The van der Waals surface area contributed by atoms with Gasteiger partial charge in [-0.05, 0) is 19.4 Å². The number of nitrogens with two attached hydrogens (primary N) is 1.